The summed E-state index contributed by atoms with van der Waals surface area (Å²) in [5, 5.41) is 11.9. The molecule has 0 spiro atoms. The topological polar surface area (TPSA) is 61.8 Å². The van der Waals surface area contributed by atoms with Gasteiger partial charge in [0.05, 0.1) is 11.6 Å². The van der Waals surface area contributed by atoms with Crippen LogP contribution >= 0.6 is 15.9 Å². The van der Waals surface area contributed by atoms with E-state index in [4.69, 9.17) is 11.0 Å². The maximum absolute atomic E-state index is 8.70. The van der Waals surface area contributed by atoms with E-state index in [0.717, 1.165) is 10.2 Å². The van der Waals surface area contributed by atoms with Crippen molar-refractivity contribution in [3.63, 3.8) is 0 Å². The minimum atomic E-state index is -0.257. The van der Waals surface area contributed by atoms with Crippen LogP contribution in [0.2, 0.25) is 0 Å². The van der Waals surface area contributed by atoms with Gasteiger partial charge in [0, 0.05) is 22.2 Å². The molecule has 3 nitrogen and oxygen atoms in total. The highest BCUT2D eigenvalue weighted by Crippen LogP contribution is 2.23. The molecule has 1 rings (SSSR count). The Hall–Kier alpha value is -1.05. The van der Waals surface area contributed by atoms with Crippen LogP contribution in [0.4, 0.5) is 5.69 Å². The molecule has 0 aliphatic carbocycles. The molecule has 0 aromatic heterocycles. The second-order valence-electron chi connectivity index (χ2n) is 4.15. The van der Waals surface area contributed by atoms with E-state index in [1.807, 2.05) is 19.9 Å². The van der Waals surface area contributed by atoms with E-state index >= 15 is 0 Å². The fourth-order valence-electron chi connectivity index (χ4n) is 1.05. The Bertz CT molecular complexity index is 388. The Morgan fingerprint density at radius 1 is 1.53 bits per heavy atom. The molecule has 3 N–H and O–H groups in total. The maximum atomic E-state index is 8.70. The zero-order chi connectivity index (χ0) is 11.5. The van der Waals surface area contributed by atoms with Crippen LogP contribution in [0.1, 0.15) is 19.4 Å². The monoisotopic (exact) mass is 267 g/mol. The number of hydrogen-bond acceptors (Lipinski definition) is 3. The second-order valence-corrected chi connectivity index (χ2v) is 5.00. The first-order valence-corrected chi connectivity index (χ1v) is 5.44. The number of hydrogen-bond donors (Lipinski definition) is 2. The van der Waals surface area contributed by atoms with Crippen LogP contribution in [0.5, 0.6) is 0 Å². The summed E-state index contributed by atoms with van der Waals surface area (Å²) in [6.45, 7) is 4.59. The smallest absolute Gasteiger partial charge is 0.0992 e. The number of benzene rings is 1. The Kier molecular flexibility index (Phi) is 3.72. The highest BCUT2D eigenvalue weighted by atomic mass is 79.9. The van der Waals surface area contributed by atoms with Gasteiger partial charge in [-0.05, 0) is 48.0 Å². The lowest BCUT2D eigenvalue weighted by Crippen LogP contribution is -2.39. The van der Waals surface area contributed by atoms with E-state index < -0.39 is 0 Å². The fraction of sp³-hybridized carbons (Fsp3) is 0.364. The number of nitrogens with two attached hydrogens (primary N) is 1. The van der Waals surface area contributed by atoms with Gasteiger partial charge in [0.1, 0.15) is 0 Å². The number of halogens is 1. The van der Waals surface area contributed by atoms with E-state index in [1.165, 1.54) is 0 Å². The summed E-state index contributed by atoms with van der Waals surface area (Å²) in [4.78, 5) is 0. The zero-order valence-electron chi connectivity index (χ0n) is 8.84. The van der Waals surface area contributed by atoms with Crippen LogP contribution < -0.4 is 11.1 Å². The molecule has 0 radical (unpaired) electrons. The van der Waals surface area contributed by atoms with Crippen LogP contribution in [0.25, 0.3) is 0 Å². The summed E-state index contributed by atoms with van der Waals surface area (Å²) in [7, 11) is 0. The van der Waals surface area contributed by atoms with E-state index in [9.17, 15) is 0 Å². The largest absolute Gasteiger partial charge is 0.382 e. The molecule has 0 heterocycles. The Labute approximate surface area is 98.4 Å². The minimum absolute atomic E-state index is 0.257. The highest BCUT2D eigenvalue weighted by molar-refractivity contribution is 9.10. The molecular weight excluding hydrogens is 254 g/mol. The van der Waals surface area contributed by atoms with Crippen LogP contribution in [0.15, 0.2) is 22.7 Å². The third kappa shape index (κ3) is 3.90. The standard InChI is InChI=1S/C11H14BrN3/c1-11(2,14)7-15-10-4-3-8(6-13)5-9(10)12/h3-5,15H,7,14H2,1-2H3. The quantitative estimate of drug-likeness (QED) is 0.885. The molecule has 4 heteroatoms. The third-order valence-electron chi connectivity index (χ3n) is 1.83. The van der Waals surface area contributed by atoms with E-state index in [1.54, 1.807) is 12.1 Å². The lowest BCUT2D eigenvalue weighted by atomic mass is 10.1. The van der Waals surface area contributed by atoms with E-state index in [-0.39, 0.29) is 5.54 Å². The molecule has 1 aromatic rings. The number of nitrogens with one attached hydrogen (secondary N) is 1. The van der Waals surface area contributed by atoms with E-state index in [0.29, 0.717) is 12.1 Å². The van der Waals surface area contributed by atoms with Gasteiger partial charge in [-0.2, -0.15) is 5.26 Å². The summed E-state index contributed by atoms with van der Waals surface area (Å²) in [5.74, 6) is 0. The molecule has 0 bridgehead atoms. The van der Waals surface area contributed by atoms with Crippen molar-refractivity contribution in [2.24, 2.45) is 5.73 Å². The first-order valence-electron chi connectivity index (χ1n) is 4.65. The van der Waals surface area contributed by atoms with Gasteiger partial charge in [0.25, 0.3) is 0 Å². The summed E-state index contributed by atoms with van der Waals surface area (Å²) < 4.78 is 0.880. The van der Waals surface area contributed by atoms with Crippen molar-refractivity contribution in [2.45, 2.75) is 19.4 Å². The molecule has 0 aliphatic heterocycles. The van der Waals surface area contributed by atoms with Crippen molar-refractivity contribution in [3.8, 4) is 6.07 Å². The predicted molar refractivity (Wildman–Crippen MR) is 65.6 cm³/mol. The van der Waals surface area contributed by atoms with Crippen molar-refractivity contribution in [2.75, 3.05) is 11.9 Å². The third-order valence-corrected chi connectivity index (χ3v) is 2.49. The zero-order valence-corrected chi connectivity index (χ0v) is 10.4. The van der Waals surface area contributed by atoms with Crippen LogP contribution in [0, 0.1) is 11.3 Å². The molecule has 0 atom stereocenters. The van der Waals surface area contributed by atoms with Crippen LogP contribution in [0.3, 0.4) is 0 Å². The molecule has 0 aliphatic rings. The number of anilines is 1. The molecule has 0 amide bonds. The van der Waals surface area contributed by atoms with Gasteiger partial charge in [-0.15, -0.1) is 0 Å². The molecule has 0 saturated heterocycles. The number of rotatable bonds is 3. The predicted octanol–water partition coefficient (Wildman–Crippen LogP) is 2.47. The average molecular weight is 268 g/mol. The summed E-state index contributed by atoms with van der Waals surface area (Å²) in [6.07, 6.45) is 0. The van der Waals surface area contributed by atoms with E-state index in [2.05, 4.69) is 27.3 Å². The molecule has 0 fully saturated rings. The average Bonchev–Trinajstić information content (AvgIpc) is 2.14. The molecule has 15 heavy (non-hydrogen) atoms. The van der Waals surface area contributed by atoms with Gasteiger partial charge in [0.2, 0.25) is 0 Å². The normalized spacial score (nSPS) is 10.9. The van der Waals surface area contributed by atoms with Crippen LogP contribution in [-0.4, -0.2) is 12.1 Å². The lowest BCUT2D eigenvalue weighted by Gasteiger charge is -2.20. The summed E-state index contributed by atoms with van der Waals surface area (Å²) in [6, 6.07) is 7.51. The van der Waals surface area contributed by atoms with Crippen molar-refractivity contribution < 1.29 is 0 Å². The highest BCUT2D eigenvalue weighted by Gasteiger charge is 2.10. The van der Waals surface area contributed by atoms with Gasteiger partial charge < -0.3 is 11.1 Å². The Morgan fingerprint density at radius 3 is 2.67 bits per heavy atom. The van der Waals surface area contributed by atoms with Crippen molar-refractivity contribution in [1.82, 2.24) is 0 Å². The van der Waals surface area contributed by atoms with Gasteiger partial charge in [-0.25, -0.2) is 0 Å². The van der Waals surface area contributed by atoms with Gasteiger partial charge in [-0.3, -0.25) is 0 Å². The van der Waals surface area contributed by atoms with Crippen LogP contribution in [-0.2, 0) is 0 Å². The van der Waals surface area contributed by atoms with Gasteiger partial charge in [0.15, 0.2) is 0 Å². The maximum Gasteiger partial charge on any atom is 0.0992 e. The number of nitriles is 1. The molecule has 80 valence electrons. The molecule has 0 unspecified atom stereocenters. The molecule has 0 saturated carbocycles. The second kappa shape index (κ2) is 4.65. The molecule has 1 aromatic carbocycles. The fourth-order valence-corrected chi connectivity index (χ4v) is 1.57. The Balaban J connectivity index is 2.76. The summed E-state index contributed by atoms with van der Waals surface area (Å²) in [5.41, 5.74) is 7.19. The SMILES string of the molecule is CC(C)(N)CNc1ccc(C#N)cc1Br. The van der Waals surface area contributed by atoms with Crippen molar-refractivity contribution in [3.05, 3.63) is 28.2 Å². The van der Waals surface area contributed by atoms with Crippen molar-refractivity contribution in [1.29, 1.82) is 5.26 Å². The van der Waals surface area contributed by atoms with Gasteiger partial charge in [-0.1, -0.05) is 0 Å². The number of nitrogens with zero attached hydrogens (tertiary/aromatic N) is 1. The first-order chi connectivity index (χ1) is 6.92. The van der Waals surface area contributed by atoms with Crippen molar-refractivity contribution >= 4 is 21.6 Å². The van der Waals surface area contributed by atoms with Gasteiger partial charge >= 0.3 is 0 Å². The Morgan fingerprint density at radius 2 is 2.20 bits per heavy atom. The minimum Gasteiger partial charge on any atom is -0.382 e. The molecular formula is C11H14BrN3. The summed E-state index contributed by atoms with van der Waals surface area (Å²) >= 11 is 3.40. The lowest BCUT2D eigenvalue weighted by molar-refractivity contribution is 0.549. The first kappa shape index (κ1) is 12.0.